The van der Waals surface area contributed by atoms with Crippen molar-refractivity contribution in [3.63, 3.8) is 0 Å². The fraction of sp³-hybridized carbons (Fsp3) is 0.235. The van der Waals surface area contributed by atoms with Gasteiger partial charge < -0.3 is 21.7 Å². The zero-order chi connectivity index (χ0) is 16.2. The van der Waals surface area contributed by atoms with Crippen LogP contribution in [0.5, 0.6) is 5.75 Å². The summed E-state index contributed by atoms with van der Waals surface area (Å²) >= 11 is 0. The molecule has 0 aliphatic carbocycles. The molecule has 6 nitrogen and oxygen atoms in total. The van der Waals surface area contributed by atoms with E-state index in [1.807, 2.05) is 60.3 Å². The molecule has 3 aromatic rings. The number of imidazole rings is 1. The van der Waals surface area contributed by atoms with Gasteiger partial charge in [-0.05, 0) is 19.1 Å². The van der Waals surface area contributed by atoms with E-state index in [4.69, 9.17) is 4.74 Å². The van der Waals surface area contributed by atoms with E-state index in [-0.39, 0.29) is 12.4 Å². The maximum absolute atomic E-state index is 5.43. The number of hydrogen-bond acceptors (Lipinski definition) is 4. The van der Waals surface area contributed by atoms with Crippen LogP contribution in [-0.2, 0) is 6.54 Å². The van der Waals surface area contributed by atoms with Crippen molar-refractivity contribution in [1.29, 1.82) is 0 Å². The van der Waals surface area contributed by atoms with Gasteiger partial charge in [0.1, 0.15) is 5.75 Å². The predicted molar refractivity (Wildman–Crippen MR) is 89.6 cm³/mol. The smallest absolute Gasteiger partial charge is 0.256 e. The summed E-state index contributed by atoms with van der Waals surface area (Å²) in [7, 11) is 3.64. The van der Waals surface area contributed by atoms with E-state index >= 15 is 0 Å². The van der Waals surface area contributed by atoms with Crippen LogP contribution in [0, 0.1) is 0 Å². The zero-order valence-corrected chi connectivity index (χ0v) is 14.7. The van der Waals surface area contributed by atoms with Gasteiger partial charge in [0.05, 0.1) is 27.0 Å². The van der Waals surface area contributed by atoms with Gasteiger partial charge in [0.2, 0.25) is 0 Å². The monoisotopic (exact) mass is 345 g/mol. The van der Waals surface area contributed by atoms with Crippen molar-refractivity contribution in [3.8, 4) is 5.75 Å². The molecule has 1 aromatic carbocycles. The molecule has 24 heavy (non-hydrogen) atoms. The standard InChI is InChI=1S/C17H19N5O.ClH/c1-4-7-14-20-16(18-2)15-17(21-14)22(11-19-15)10-12-8-5-6-9-13(12)23-3;/h4-9,11H,10H2,1-3H3,(H,18,20,21);1H/b7-4+;. The van der Waals surface area contributed by atoms with Gasteiger partial charge in [-0.15, -0.1) is 0 Å². The first-order valence-electron chi connectivity index (χ1n) is 7.53. The second-order valence-corrected chi connectivity index (χ2v) is 5.11. The molecule has 0 amide bonds. The number of hydrogen-bond donors (Lipinski definition) is 1. The van der Waals surface area contributed by atoms with Crippen LogP contribution in [0.25, 0.3) is 17.2 Å². The van der Waals surface area contributed by atoms with Crippen LogP contribution in [0.1, 0.15) is 18.3 Å². The van der Waals surface area contributed by atoms with E-state index in [1.165, 1.54) is 0 Å². The molecule has 0 radical (unpaired) electrons. The van der Waals surface area contributed by atoms with Crippen molar-refractivity contribution in [2.75, 3.05) is 14.2 Å². The molecular formula is C17H20ClN5O. The van der Waals surface area contributed by atoms with Gasteiger partial charge in [-0.1, -0.05) is 24.3 Å². The van der Waals surface area contributed by atoms with Gasteiger partial charge in [-0.3, -0.25) is 5.32 Å². The highest BCUT2D eigenvalue weighted by molar-refractivity contribution is 5.79. The fourth-order valence-corrected chi connectivity index (χ4v) is 2.54. The number of fused-ring (bicyclic) bond motifs is 1. The van der Waals surface area contributed by atoms with E-state index in [1.54, 1.807) is 13.4 Å². The molecule has 0 aliphatic heterocycles. The third-order valence-corrected chi connectivity index (χ3v) is 3.63. The molecule has 0 atom stereocenters. The third kappa shape index (κ3) is 3.39. The lowest BCUT2D eigenvalue weighted by Crippen LogP contribution is -3.00. The second kappa shape index (κ2) is 7.90. The van der Waals surface area contributed by atoms with Crippen LogP contribution < -0.4 is 22.5 Å². The minimum atomic E-state index is 0. The van der Waals surface area contributed by atoms with Crippen molar-refractivity contribution in [3.05, 3.63) is 48.1 Å². The molecule has 0 unspecified atom stereocenters. The van der Waals surface area contributed by atoms with Gasteiger partial charge >= 0.3 is 0 Å². The van der Waals surface area contributed by atoms with Crippen molar-refractivity contribution < 1.29 is 22.5 Å². The maximum Gasteiger partial charge on any atom is 0.256 e. The molecule has 0 spiro atoms. The number of halogens is 1. The van der Waals surface area contributed by atoms with Gasteiger partial charge in [-0.25, -0.2) is 9.97 Å². The summed E-state index contributed by atoms with van der Waals surface area (Å²) in [6, 6.07) is 7.97. The summed E-state index contributed by atoms with van der Waals surface area (Å²) < 4.78 is 7.45. The van der Waals surface area contributed by atoms with E-state index in [0.717, 1.165) is 28.3 Å². The van der Waals surface area contributed by atoms with Crippen LogP contribution in [0.2, 0.25) is 0 Å². The van der Waals surface area contributed by atoms with E-state index < -0.39 is 0 Å². The summed E-state index contributed by atoms with van der Waals surface area (Å²) in [5.74, 6) is 2.40. The minimum absolute atomic E-state index is 0. The molecule has 0 saturated carbocycles. The van der Waals surface area contributed by atoms with E-state index in [0.29, 0.717) is 12.4 Å². The van der Waals surface area contributed by atoms with E-state index in [9.17, 15) is 0 Å². The number of nitrogens with two attached hydrogens (primary N) is 1. The Kier molecular flexibility index (Phi) is 5.89. The van der Waals surface area contributed by atoms with Crippen LogP contribution >= 0.6 is 0 Å². The van der Waals surface area contributed by atoms with Crippen molar-refractivity contribution >= 4 is 23.1 Å². The Morgan fingerprint density at radius 1 is 1.25 bits per heavy atom. The lowest BCUT2D eigenvalue weighted by Gasteiger charge is -2.09. The number of quaternary nitrogens is 1. The molecule has 2 aromatic heterocycles. The van der Waals surface area contributed by atoms with E-state index in [2.05, 4.69) is 15.0 Å². The largest absolute Gasteiger partial charge is 1.00 e. The SMILES string of the molecule is C/C=C/c1nc([NH2+]C)c2ncn(Cc3ccccc3OC)c2n1.[Cl-]. The molecule has 2 N–H and O–H groups in total. The lowest BCUT2D eigenvalue weighted by atomic mass is 10.2. The van der Waals surface area contributed by atoms with Gasteiger partial charge in [0.15, 0.2) is 17.0 Å². The van der Waals surface area contributed by atoms with Gasteiger partial charge in [-0.2, -0.15) is 4.98 Å². The van der Waals surface area contributed by atoms with Gasteiger partial charge in [0.25, 0.3) is 5.82 Å². The molecule has 0 aliphatic rings. The number of allylic oxidation sites excluding steroid dienone is 1. The van der Waals surface area contributed by atoms with Crippen LogP contribution in [0.4, 0.5) is 5.82 Å². The Labute approximate surface area is 147 Å². The number of nitrogens with zero attached hydrogens (tertiary/aromatic N) is 4. The quantitative estimate of drug-likeness (QED) is 0.627. The maximum atomic E-state index is 5.43. The summed E-state index contributed by atoms with van der Waals surface area (Å²) in [5, 5.41) is 1.96. The average molecular weight is 346 g/mol. The Balaban J connectivity index is 0.00000208. The molecule has 2 heterocycles. The second-order valence-electron chi connectivity index (χ2n) is 5.11. The third-order valence-electron chi connectivity index (χ3n) is 3.63. The first-order chi connectivity index (χ1) is 11.3. The Bertz CT molecular complexity index is 859. The molecule has 7 heteroatoms. The summed E-state index contributed by atoms with van der Waals surface area (Å²) in [6.07, 6.45) is 5.63. The number of benzene rings is 1. The highest BCUT2D eigenvalue weighted by Gasteiger charge is 2.15. The number of methoxy groups -OCH3 is 1. The Morgan fingerprint density at radius 2 is 2.04 bits per heavy atom. The molecule has 3 rings (SSSR count). The minimum Gasteiger partial charge on any atom is -1.00 e. The number of ether oxygens (including phenoxy) is 1. The van der Waals surface area contributed by atoms with Crippen LogP contribution in [0.15, 0.2) is 36.7 Å². The first-order valence-corrected chi connectivity index (χ1v) is 7.53. The first kappa shape index (κ1) is 17.9. The van der Waals surface area contributed by atoms with Crippen LogP contribution in [0.3, 0.4) is 0 Å². The predicted octanol–water partition coefficient (Wildman–Crippen LogP) is -1.25. The lowest BCUT2D eigenvalue weighted by molar-refractivity contribution is -0.541. The number of rotatable bonds is 5. The molecule has 0 bridgehead atoms. The average Bonchev–Trinajstić information content (AvgIpc) is 2.98. The summed E-state index contributed by atoms with van der Waals surface area (Å²) in [4.78, 5) is 13.6. The molecule has 0 fully saturated rings. The number of aromatic nitrogens is 4. The zero-order valence-electron chi connectivity index (χ0n) is 13.9. The van der Waals surface area contributed by atoms with Gasteiger partial charge in [0, 0.05) is 5.56 Å². The number of para-hydroxylation sites is 1. The van der Waals surface area contributed by atoms with Crippen LogP contribution in [-0.4, -0.2) is 33.7 Å². The summed E-state index contributed by atoms with van der Waals surface area (Å²) in [6.45, 7) is 2.60. The highest BCUT2D eigenvalue weighted by atomic mass is 35.5. The van der Waals surface area contributed by atoms with Crippen molar-refractivity contribution in [2.45, 2.75) is 13.5 Å². The normalized spacial score (nSPS) is 11.0. The van der Waals surface area contributed by atoms with Crippen molar-refractivity contribution in [1.82, 2.24) is 19.5 Å². The molecular weight excluding hydrogens is 326 g/mol. The fourth-order valence-electron chi connectivity index (χ4n) is 2.54. The Morgan fingerprint density at radius 3 is 2.75 bits per heavy atom. The highest BCUT2D eigenvalue weighted by Crippen LogP contribution is 2.22. The van der Waals surface area contributed by atoms with Crippen molar-refractivity contribution in [2.24, 2.45) is 0 Å². The molecule has 0 saturated heterocycles. The molecule has 126 valence electrons. The topological polar surface area (TPSA) is 69.4 Å². The Hall–Kier alpha value is -2.44. The summed E-state index contributed by atoms with van der Waals surface area (Å²) in [5.41, 5.74) is 2.73.